The predicted octanol–water partition coefficient (Wildman–Crippen LogP) is 3.44. The Kier molecular flexibility index (Phi) is 4.13. The summed E-state index contributed by atoms with van der Waals surface area (Å²) in [6.45, 7) is 6.00. The Hall–Kier alpha value is -1.10. The first-order chi connectivity index (χ1) is 8.87. The molecule has 5 heteroatoms. The van der Waals surface area contributed by atoms with Crippen LogP contribution in [-0.4, -0.2) is 27.9 Å². The zero-order valence-corrected chi connectivity index (χ0v) is 12.1. The number of hydrogen-bond donors (Lipinski definition) is 1. The molecular formula is C14H19ClN2O2. The molecule has 0 saturated heterocycles. The second kappa shape index (κ2) is 5.49. The quantitative estimate of drug-likeness (QED) is 0.681. The second-order valence-corrected chi connectivity index (χ2v) is 6.04. The molecule has 1 aromatic rings. The van der Waals surface area contributed by atoms with Gasteiger partial charge in [0.15, 0.2) is 5.82 Å². The van der Waals surface area contributed by atoms with Gasteiger partial charge in [-0.2, -0.15) is 0 Å². The number of nitrogens with zero attached hydrogens (tertiary/aromatic N) is 2. The van der Waals surface area contributed by atoms with E-state index in [9.17, 15) is 5.21 Å². The van der Waals surface area contributed by atoms with Gasteiger partial charge in [-0.25, -0.2) is 10.0 Å². The van der Waals surface area contributed by atoms with E-state index in [-0.39, 0.29) is 17.7 Å². The smallest absolute Gasteiger partial charge is 0.152 e. The normalized spacial score (nSPS) is 22.8. The van der Waals surface area contributed by atoms with Crippen LogP contribution in [0.25, 0.3) is 0 Å². The van der Waals surface area contributed by atoms with Gasteiger partial charge in [-0.3, -0.25) is 5.21 Å². The van der Waals surface area contributed by atoms with E-state index in [1.54, 1.807) is 12.1 Å². The molecule has 1 heterocycles. The standard InChI is InChI=1S/C14H19ClN2O2/c1-14(2,3)19-12-6-4-5-11(12)17(18)13-8-7-10(15)9-16-13/h4,6-9,11-12,18H,5H2,1-3H3/t11-,12-/m1/s1. The number of anilines is 1. The van der Waals surface area contributed by atoms with Crippen LogP contribution in [0.1, 0.15) is 27.2 Å². The summed E-state index contributed by atoms with van der Waals surface area (Å²) in [5.74, 6) is 0.473. The van der Waals surface area contributed by atoms with Gasteiger partial charge in [-0.05, 0) is 39.3 Å². The summed E-state index contributed by atoms with van der Waals surface area (Å²) in [4.78, 5) is 4.11. The van der Waals surface area contributed by atoms with Crippen molar-refractivity contribution in [2.24, 2.45) is 0 Å². The molecule has 1 N–H and O–H groups in total. The molecule has 2 atom stereocenters. The van der Waals surface area contributed by atoms with Crippen LogP contribution in [0.2, 0.25) is 5.02 Å². The first-order valence-electron chi connectivity index (χ1n) is 6.31. The highest BCUT2D eigenvalue weighted by Crippen LogP contribution is 2.27. The van der Waals surface area contributed by atoms with E-state index in [4.69, 9.17) is 16.3 Å². The summed E-state index contributed by atoms with van der Waals surface area (Å²) in [6, 6.07) is 3.23. The molecular weight excluding hydrogens is 264 g/mol. The summed E-state index contributed by atoms with van der Waals surface area (Å²) in [6.07, 6.45) is 6.08. The molecule has 0 aromatic carbocycles. The van der Waals surface area contributed by atoms with Crippen molar-refractivity contribution in [2.75, 3.05) is 5.06 Å². The minimum Gasteiger partial charge on any atom is -0.366 e. The van der Waals surface area contributed by atoms with E-state index in [1.807, 2.05) is 32.9 Å². The highest BCUT2D eigenvalue weighted by molar-refractivity contribution is 6.30. The molecule has 2 rings (SSSR count). The average molecular weight is 283 g/mol. The molecule has 104 valence electrons. The lowest BCUT2D eigenvalue weighted by atomic mass is 10.1. The number of rotatable bonds is 3. The van der Waals surface area contributed by atoms with Gasteiger partial charge in [0, 0.05) is 6.20 Å². The van der Waals surface area contributed by atoms with Crippen LogP contribution in [0.3, 0.4) is 0 Å². The van der Waals surface area contributed by atoms with Crippen molar-refractivity contribution in [1.82, 2.24) is 4.98 Å². The Morgan fingerprint density at radius 1 is 1.42 bits per heavy atom. The van der Waals surface area contributed by atoms with Crippen molar-refractivity contribution in [3.05, 3.63) is 35.5 Å². The average Bonchev–Trinajstić information content (AvgIpc) is 2.75. The Morgan fingerprint density at radius 2 is 2.16 bits per heavy atom. The molecule has 0 aliphatic heterocycles. The number of hydroxylamine groups is 1. The Morgan fingerprint density at radius 3 is 2.74 bits per heavy atom. The Labute approximate surface area is 118 Å². The van der Waals surface area contributed by atoms with Gasteiger partial charge < -0.3 is 4.74 Å². The van der Waals surface area contributed by atoms with Crippen LogP contribution in [-0.2, 0) is 4.74 Å². The number of pyridine rings is 1. The van der Waals surface area contributed by atoms with Crippen LogP contribution in [0.15, 0.2) is 30.5 Å². The van der Waals surface area contributed by atoms with Crippen LogP contribution in [0, 0.1) is 0 Å². The van der Waals surface area contributed by atoms with E-state index in [2.05, 4.69) is 4.98 Å². The zero-order chi connectivity index (χ0) is 14.0. The van der Waals surface area contributed by atoms with Gasteiger partial charge in [0.05, 0.1) is 22.8 Å². The molecule has 0 saturated carbocycles. The molecule has 0 amide bonds. The maximum atomic E-state index is 10.3. The van der Waals surface area contributed by atoms with E-state index in [0.717, 1.165) is 11.5 Å². The molecule has 0 spiro atoms. The van der Waals surface area contributed by atoms with Crippen molar-refractivity contribution >= 4 is 17.4 Å². The van der Waals surface area contributed by atoms with Gasteiger partial charge in [-0.15, -0.1) is 0 Å². The maximum absolute atomic E-state index is 10.3. The predicted molar refractivity (Wildman–Crippen MR) is 75.7 cm³/mol. The summed E-state index contributed by atoms with van der Waals surface area (Å²) in [5, 5.41) is 12.0. The monoisotopic (exact) mass is 282 g/mol. The number of hydrogen-bond acceptors (Lipinski definition) is 4. The van der Waals surface area contributed by atoms with Gasteiger partial charge >= 0.3 is 0 Å². The Balaban J connectivity index is 2.10. The van der Waals surface area contributed by atoms with Crippen molar-refractivity contribution in [3.8, 4) is 0 Å². The van der Waals surface area contributed by atoms with Gasteiger partial charge in [-0.1, -0.05) is 23.8 Å². The fourth-order valence-electron chi connectivity index (χ4n) is 2.05. The summed E-state index contributed by atoms with van der Waals surface area (Å²) in [5.41, 5.74) is -0.258. The highest BCUT2D eigenvalue weighted by Gasteiger charge is 2.32. The lowest BCUT2D eigenvalue weighted by Crippen LogP contribution is -2.43. The molecule has 4 nitrogen and oxygen atoms in total. The lowest BCUT2D eigenvalue weighted by Gasteiger charge is -2.32. The molecule has 19 heavy (non-hydrogen) atoms. The lowest BCUT2D eigenvalue weighted by molar-refractivity contribution is -0.0539. The Bertz CT molecular complexity index is 454. The molecule has 0 radical (unpaired) electrons. The van der Waals surface area contributed by atoms with Crippen LogP contribution in [0.5, 0.6) is 0 Å². The zero-order valence-electron chi connectivity index (χ0n) is 11.4. The van der Waals surface area contributed by atoms with Crippen molar-refractivity contribution in [3.63, 3.8) is 0 Å². The van der Waals surface area contributed by atoms with Gasteiger partial charge in [0.25, 0.3) is 0 Å². The van der Waals surface area contributed by atoms with Crippen molar-refractivity contribution in [2.45, 2.75) is 44.9 Å². The third-order valence-corrected chi connectivity index (χ3v) is 3.06. The molecule has 0 unspecified atom stereocenters. The van der Waals surface area contributed by atoms with Crippen LogP contribution >= 0.6 is 11.6 Å². The number of halogens is 1. The second-order valence-electron chi connectivity index (χ2n) is 5.61. The van der Waals surface area contributed by atoms with Gasteiger partial charge in [0.1, 0.15) is 0 Å². The highest BCUT2D eigenvalue weighted by atomic mass is 35.5. The summed E-state index contributed by atoms with van der Waals surface area (Å²) >= 11 is 5.79. The largest absolute Gasteiger partial charge is 0.366 e. The topological polar surface area (TPSA) is 45.6 Å². The first kappa shape index (κ1) is 14.3. The third kappa shape index (κ3) is 3.69. The minimum absolute atomic E-state index is 0.150. The fraction of sp³-hybridized carbons (Fsp3) is 0.500. The molecule has 0 fully saturated rings. The number of ether oxygens (including phenoxy) is 1. The van der Waals surface area contributed by atoms with Crippen molar-refractivity contribution in [1.29, 1.82) is 0 Å². The number of aromatic nitrogens is 1. The van der Waals surface area contributed by atoms with E-state index >= 15 is 0 Å². The van der Waals surface area contributed by atoms with E-state index in [1.165, 1.54) is 6.20 Å². The first-order valence-corrected chi connectivity index (χ1v) is 6.69. The molecule has 1 aromatic heterocycles. The minimum atomic E-state index is -0.258. The summed E-state index contributed by atoms with van der Waals surface area (Å²) < 4.78 is 5.94. The van der Waals surface area contributed by atoms with E-state index < -0.39 is 0 Å². The van der Waals surface area contributed by atoms with Crippen LogP contribution < -0.4 is 5.06 Å². The SMILES string of the molecule is CC(C)(C)O[C@@H]1C=CC[C@H]1N(O)c1ccc(Cl)cn1. The maximum Gasteiger partial charge on any atom is 0.152 e. The molecule has 1 aliphatic carbocycles. The molecule has 0 bridgehead atoms. The molecule has 1 aliphatic rings. The fourth-order valence-corrected chi connectivity index (χ4v) is 2.16. The van der Waals surface area contributed by atoms with E-state index in [0.29, 0.717) is 10.8 Å². The van der Waals surface area contributed by atoms with Crippen LogP contribution in [0.4, 0.5) is 5.82 Å². The third-order valence-electron chi connectivity index (χ3n) is 2.83. The summed E-state index contributed by atoms with van der Waals surface area (Å²) in [7, 11) is 0. The van der Waals surface area contributed by atoms with Crippen molar-refractivity contribution < 1.29 is 9.94 Å². The van der Waals surface area contributed by atoms with Gasteiger partial charge in [0.2, 0.25) is 0 Å².